The Labute approximate surface area is 373 Å². The van der Waals surface area contributed by atoms with E-state index in [2.05, 4.69) is 30.8 Å². The summed E-state index contributed by atoms with van der Waals surface area (Å²) < 4.78 is 123. The van der Waals surface area contributed by atoms with Crippen molar-refractivity contribution in [3.05, 3.63) is 101 Å². The first-order valence-corrected chi connectivity index (χ1v) is 18.3. The van der Waals surface area contributed by atoms with Crippen molar-refractivity contribution < 1.29 is 137 Å². The van der Waals surface area contributed by atoms with Crippen LogP contribution in [-0.4, -0.2) is 72.4 Å². The van der Waals surface area contributed by atoms with E-state index in [9.17, 15) is 48.1 Å². The summed E-state index contributed by atoms with van der Waals surface area (Å²) in [6.45, 7) is 0. The molecule has 0 fully saturated rings. The molecule has 4 aromatic carbocycles. The van der Waals surface area contributed by atoms with Crippen molar-refractivity contribution in [2.24, 2.45) is 5.10 Å². The first kappa shape index (κ1) is 45.7. The number of nitrogens with zero attached hydrogens (tertiary/aromatic N) is 5. The fourth-order valence-corrected chi connectivity index (χ4v) is 7.32. The molecule has 1 aliphatic rings. The molecule has 0 unspecified atom stereocenters. The quantitative estimate of drug-likeness (QED) is 0.0796. The normalized spacial score (nSPS) is 13.5. The van der Waals surface area contributed by atoms with E-state index in [0.717, 1.165) is 36.4 Å². The van der Waals surface area contributed by atoms with Crippen LogP contribution < -0.4 is 104 Å². The van der Waals surface area contributed by atoms with Crippen molar-refractivity contribution in [3.63, 3.8) is 0 Å². The van der Waals surface area contributed by atoms with Crippen molar-refractivity contribution in [1.82, 2.24) is 15.0 Å². The van der Waals surface area contributed by atoms with Crippen LogP contribution in [0.15, 0.2) is 98.7 Å². The van der Waals surface area contributed by atoms with Crippen molar-refractivity contribution in [2.75, 3.05) is 22.7 Å². The molecule has 0 bridgehead atoms. The minimum Gasteiger partial charge on any atom is -0.744 e. The van der Waals surface area contributed by atoms with Crippen LogP contribution in [0, 0.1) is 6.08 Å². The number of halogens is 1. The molecule has 2 N–H and O–H groups in total. The van der Waals surface area contributed by atoms with Crippen molar-refractivity contribution in [1.29, 1.82) is 0 Å². The molecule has 0 amide bonds. The molecule has 0 radical (unpaired) electrons. The third kappa shape index (κ3) is 9.80. The summed E-state index contributed by atoms with van der Waals surface area (Å²) in [6.07, 6.45) is -0.300. The van der Waals surface area contributed by atoms with Gasteiger partial charge >= 0.3 is 94.8 Å². The fraction of sp³-hybridized carbons (Fsp3) is 0.0333. The molecule has 1 aliphatic carbocycles. The topological polar surface area (TPSA) is 267 Å². The number of hydrogen-bond donors (Lipinski definition) is 2. The molecule has 0 saturated carbocycles. The maximum atomic E-state index is 14.4. The van der Waals surface area contributed by atoms with E-state index in [4.69, 9.17) is 0 Å². The van der Waals surface area contributed by atoms with Gasteiger partial charge in [-0.05, 0) is 54.1 Å². The van der Waals surface area contributed by atoms with Gasteiger partial charge in [0.2, 0.25) is 17.7 Å². The van der Waals surface area contributed by atoms with E-state index in [1.165, 1.54) is 23.1 Å². The summed E-state index contributed by atoms with van der Waals surface area (Å²) in [7, 11) is -14.4. The number of allylic oxidation sites excluding steroid dienone is 1. The number of para-hydroxylation sites is 1. The van der Waals surface area contributed by atoms with Gasteiger partial charge in [0.15, 0.2) is 0 Å². The molecule has 17 nitrogen and oxygen atoms in total. The first-order valence-electron chi connectivity index (χ1n) is 14.1. The van der Waals surface area contributed by atoms with E-state index in [1.54, 1.807) is 37.4 Å². The second-order valence-corrected chi connectivity index (χ2v) is 14.6. The first-order chi connectivity index (χ1) is 23.9. The number of hydrazone groups is 1. The van der Waals surface area contributed by atoms with Crippen LogP contribution >= 0.6 is 0 Å². The number of ketones is 1. The smallest absolute Gasteiger partial charge is 0.744 e. The third-order valence-electron chi connectivity index (χ3n) is 7.38. The Morgan fingerprint density at radius 3 is 2.07 bits per heavy atom. The predicted octanol–water partition coefficient (Wildman–Crippen LogP) is -5.95. The van der Waals surface area contributed by atoms with Gasteiger partial charge in [-0.1, -0.05) is 36.4 Å². The molecule has 0 spiro atoms. The molecule has 24 heteroatoms. The number of hydrogen-bond acceptors (Lipinski definition) is 17. The minimum atomic E-state index is -5.44. The van der Waals surface area contributed by atoms with E-state index >= 15 is 0 Å². The standard InChI is InChI=1S/C30H22FN7O10S3.3Na/c1-38(18-6-3-2-4-7-18)30-34-28(31)33-29(35-30)32-17-10-11-19-16(14-17)15-24(50(43,44)45)25(26(19)39)37-36-22-13-12-20-21(27(22)51(46,47)48)8-5-9-23(20)49(40,41)42;;;/h2-15,36H,1H3,(H,40,41,42)(H,43,44,45)(H,46,47,48)(H,32,33,34,35);;;/q;3*+1/p-3/b37-25-;;;. The van der Waals surface area contributed by atoms with Crippen molar-refractivity contribution in [3.8, 4) is 0 Å². The Kier molecular flexibility index (Phi) is 14.9. The Balaban J connectivity index is 0.00000261. The SMILES string of the molecule is CN(c1ccccc1)c1nc(F)nc(Nc2ccc3c(c2)C=C(S(=O)(=O)[O-])/C(=N/Nc2ccc4c(S(=O)(=O)[O-])cccc4c2S(=O)(=O)[O-])C3=O)n1.[Na+].[Na+].[Na+]. The number of Topliss-reactive ketones (excluding diaryl/α,β-unsaturated/α-hetero) is 1. The maximum absolute atomic E-state index is 14.4. The van der Waals surface area contributed by atoms with Crippen molar-refractivity contribution >= 4 is 87.7 Å². The number of rotatable bonds is 9. The van der Waals surface area contributed by atoms with Gasteiger partial charge in [0.25, 0.3) is 0 Å². The van der Waals surface area contributed by atoms with Crippen LogP contribution in [0.25, 0.3) is 16.8 Å². The number of fused-ring (bicyclic) bond motifs is 2. The Morgan fingerprint density at radius 2 is 1.44 bits per heavy atom. The van der Waals surface area contributed by atoms with Gasteiger partial charge < -0.3 is 23.9 Å². The molecular weight excluding hydrogens is 803 g/mol. The summed E-state index contributed by atoms with van der Waals surface area (Å²) >= 11 is 0. The minimum absolute atomic E-state index is 0. The third-order valence-corrected chi connectivity index (χ3v) is 10.1. The predicted molar refractivity (Wildman–Crippen MR) is 177 cm³/mol. The van der Waals surface area contributed by atoms with Gasteiger partial charge in [-0.15, -0.1) is 0 Å². The van der Waals surface area contributed by atoms with Gasteiger partial charge in [0.05, 0.1) is 20.4 Å². The molecule has 1 heterocycles. The van der Waals surface area contributed by atoms with E-state index in [0.29, 0.717) is 5.69 Å². The average Bonchev–Trinajstić information content (AvgIpc) is 3.05. The zero-order valence-electron chi connectivity index (χ0n) is 28.5. The van der Waals surface area contributed by atoms with E-state index in [1.807, 2.05) is 0 Å². The molecule has 262 valence electrons. The number of anilines is 5. The second-order valence-electron chi connectivity index (χ2n) is 10.6. The fourth-order valence-electron chi connectivity index (χ4n) is 5.15. The molecular formula is C30H19FN7Na3O10S3. The van der Waals surface area contributed by atoms with Gasteiger partial charge in [-0.3, -0.25) is 10.2 Å². The van der Waals surface area contributed by atoms with Crippen LogP contribution in [-0.2, 0) is 30.4 Å². The average molecular weight is 822 g/mol. The van der Waals surface area contributed by atoms with Gasteiger partial charge in [0.1, 0.15) is 36.1 Å². The van der Waals surface area contributed by atoms with Gasteiger partial charge in [0, 0.05) is 34.8 Å². The van der Waals surface area contributed by atoms with Crippen LogP contribution in [0.3, 0.4) is 0 Å². The molecule has 1 aromatic heterocycles. The van der Waals surface area contributed by atoms with Crippen LogP contribution in [0.5, 0.6) is 0 Å². The number of benzene rings is 4. The number of nitrogens with one attached hydrogen (secondary N) is 2. The number of carbonyl (C=O) groups is 1. The largest absolute Gasteiger partial charge is 1.00 e. The van der Waals surface area contributed by atoms with E-state index < -0.39 is 79.1 Å². The number of carbonyl (C=O) groups excluding carboxylic acids is 1. The summed E-state index contributed by atoms with van der Waals surface area (Å²) in [6, 6.07) is 17.4. The van der Waals surface area contributed by atoms with Crippen LogP contribution in [0.4, 0.5) is 33.3 Å². The summed E-state index contributed by atoms with van der Waals surface area (Å²) in [4.78, 5) is 23.5. The second kappa shape index (κ2) is 17.6. The monoisotopic (exact) mass is 821 g/mol. The summed E-state index contributed by atoms with van der Waals surface area (Å²) in [5.41, 5.74) is 1.04. The molecule has 0 aliphatic heterocycles. The van der Waals surface area contributed by atoms with E-state index in [-0.39, 0.29) is 117 Å². The Bertz CT molecular complexity index is 2690. The Hall–Kier alpha value is -2.71. The zero-order chi connectivity index (χ0) is 36.9. The van der Waals surface area contributed by atoms with Gasteiger partial charge in [-0.25, -0.2) is 25.3 Å². The maximum Gasteiger partial charge on any atom is 1.00 e. The molecule has 5 aromatic rings. The summed E-state index contributed by atoms with van der Waals surface area (Å²) in [5.74, 6) is -1.42. The molecule has 0 atom stereocenters. The van der Waals surface area contributed by atoms with Crippen LogP contribution in [0.2, 0.25) is 0 Å². The Morgan fingerprint density at radius 1 is 0.759 bits per heavy atom. The van der Waals surface area contributed by atoms with Crippen LogP contribution in [0.1, 0.15) is 15.9 Å². The van der Waals surface area contributed by atoms with Gasteiger partial charge in [-0.2, -0.15) is 24.4 Å². The van der Waals surface area contributed by atoms with Crippen molar-refractivity contribution in [2.45, 2.75) is 9.79 Å². The number of aromatic nitrogens is 3. The zero-order valence-corrected chi connectivity index (χ0v) is 37.0. The molecule has 0 saturated heterocycles. The molecule has 6 rings (SSSR count). The molecule has 54 heavy (non-hydrogen) atoms. The summed E-state index contributed by atoms with van der Waals surface area (Å²) in [5, 5.41) is 5.52.